The highest BCUT2D eigenvalue weighted by Crippen LogP contribution is 2.28. The molecule has 2 fully saturated rings. The molecule has 1 aromatic rings. The van der Waals surface area contributed by atoms with Crippen LogP contribution in [0.25, 0.3) is 0 Å². The van der Waals surface area contributed by atoms with Gasteiger partial charge in [-0.25, -0.2) is 0 Å². The maximum absolute atomic E-state index is 12.6. The Labute approximate surface area is 153 Å². The summed E-state index contributed by atoms with van der Waals surface area (Å²) in [5, 5.41) is 0. The molecule has 0 spiro atoms. The summed E-state index contributed by atoms with van der Waals surface area (Å²) in [5.41, 5.74) is 1.07. The molecule has 0 radical (unpaired) electrons. The summed E-state index contributed by atoms with van der Waals surface area (Å²) in [6.07, 6.45) is 1.02. The number of carbonyl (C=O) groups is 2. The van der Waals surface area contributed by atoms with Gasteiger partial charge in [-0.05, 0) is 24.1 Å². The zero-order chi connectivity index (χ0) is 18.5. The van der Waals surface area contributed by atoms with E-state index in [4.69, 9.17) is 14.2 Å². The first-order chi connectivity index (χ1) is 12.6. The Bertz CT molecular complexity index is 657. The minimum absolute atomic E-state index is 0.0529. The van der Waals surface area contributed by atoms with Crippen molar-refractivity contribution in [2.45, 2.75) is 12.8 Å². The average molecular weight is 362 g/mol. The molecule has 7 heteroatoms. The molecule has 7 nitrogen and oxygen atoms in total. The first-order valence-electron chi connectivity index (χ1n) is 8.97. The van der Waals surface area contributed by atoms with E-state index in [0.717, 1.165) is 5.56 Å². The van der Waals surface area contributed by atoms with E-state index in [1.54, 1.807) is 19.1 Å². The van der Waals surface area contributed by atoms with Crippen molar-refractivity contribution >= 4 is 11.8 Å². The standard InChI is InChI=1S/C19H26N2O5/c1-24-16-4-3-14(11-17(16)25-2)5-6-21-13-15(12-18(21)22)19(23)20-7-9-26-10-8-20/h3-4,11,15H,5-10,12-13H2,1-2H3/t15-/m0/s1. The Balaban J connectivity index is 1.55. The average Bonchev–Trinajstić information content (AvgIpc) is 3.06. The molecule has 3 rings (SSSR count). The Morgan fingerprint density at radius 3 is 2.62 bits per heavy atom. The quantitative estimate of drug-likeness (QED) is 0.754. The van der Waals surface area contributed by atoms with Crippen molar-refractivity contribution in [2.75, 3.05) is 53.6 Å². The van der Waals surface area contributed by atoms with Crippen molar-refractivity contribution in [1.29, 1.82) is 0 Å². The van der Waals surface area contributed by atoms with Crippen LogP contribution >= 0.6 is 0 Å². The summed E-state index contributed by atoms with van der Waals surface area (Å²) in [4.78, 5) is 28.5. The van der Waals surface area contributed by atoms with Crippen LogP contribution in [0.5, 0.6) is 11.5 Å². The fourth-order valence-electron chi connectivity index (χ4n) is 3.50. The number of morpholine rings is 1. The van der Waals surface area contributed by atoms with Gasteiger partial charge in [-0.1, -0.05) is 6.07 Å². The lowest BCUT2D eigenvalue weighted by molar-refractivity contribution is -0.139. The first kappa shape index (κ1) is 18.5. The smallest absolute Gasteiger partial charge is 0.228 e. The van der Waals surface area contributed by atoms with Crippen LogP contribution in [0.3, 0.4) is 0 Å². The maximum Gasteiger partial charge on any atom is 0.228 e. The van der Waals surface area contributed by atoms with Crippen molar-refractivity contribution in [1.82, 2.24) is 9.80 Å². The highest BCUT2D eigenvalue weighted by atomic mass is 16.5. The molecule has 0 unspecified atom stereocenters. The van der Waals surface area contributed by atoms with E-state index in [1.807, 2.05) is 23.1 Å². The molecule has 2 heterocycles. The molecule has 1 atom stereocenters. The second kappa shape index (κ2) is 8.40. The van der Waals surface area contributed by atoms with Gasteiger partial charge in [0.1, 0.15) is 0 Å². The van der Waals surface area contributed by atoms with Crippen LogP contribution in [0.1, 0.15) is 12.0 Å². The van der Waals surface area contributed by atoms with Gasteiger partial charge in [-0.15, -0.1) is 0 Å². The van der Waals surface area contributed by atoms with Crippen molar-refractivity contribution < 1.29 is 23.8 Å². The van der Waals surface area contributed by atoms with Crippen LogP contribution in [0.2, 0.25) is 0 Å². The summed E-state index contributed by atoms with van der Waals surface area (Å²) in [7, 11) is 3.21. The van der Waals surface area contributed by atoms with Gasteiger partial charge >= 0.3 is 0 Å². The number of benzene rings is 1. The molecule has 2 saturated heterocycles. The topological polar surface area (TPSA) is 68.3 Å². The lowest BCUT2D eigenvalue weighted by Gasteiger charge is -2.29. The molecule has 0 saturated carbocycles. The van der Waals surface area contributed by atoms with Crippen molar-refractivity contribution in [2.24, 2.45) is 5.92 Å². The largest absolute Gasteiger partial charge is 0.493 e. The monoisotopic (exact) mass is 362 g/mol. The van der Waals surface area contributed by atoms with E-state index >= 15 is 0 Å². The highest BCUT2D eigenvalue weighted by molar-refractivity contribution is 5.89. The molecule has 1 aromatic carbocycles. The van der Waals surface area contributed by atoms with Crippen LogP contribution in [-0.4, -0.2) is 75.2 Å². The van der Waals surface area contributed by atoms with Crippen LogP contribution < -0.4 is 9.47 Å². The van der Waals surface area contributed by atoms with Crippen LogP contribution in [0.4, 0.5) is 0 Å². The maximum atomic E-state index is 12.6. The molecule has 2 aliphatic heterocycles. The Hall–Kier alpha value is -2.28. The lowest BCUT2D eigenvalue weighted by atomic mass is 10.1. The Morgan fingerprint density at radius 2 is 1.92 bits per heavy atom. The van der Waals surface area contributed by atoms with Gasteiger partial charge in [0.25, 0.3) is 0 Å². The van der Waals surface area contributed by atoms with Gasteiger partial charge in [-0.2, -0.15) is 0 Å². The number of carbonyl (C=O) groups excluding carboxylic acids is 2. The van der Waals surface area contributed by atoms with Crippen molar-refractivity contribution in [3.63, 3.8) is 0 Å². The second-order valence-corrected chi connectivity index (χ2v) is 6.62. The molecular formula is C19H26N2O5. The third-order valence-corrected chi connectivity index (χ3v) is 5.00. The summed E-state index contributed by atoms with van der Waals surface area (Å²) in [6.45, 7) is 3.50. The normalized spacial score (nSPS) is 20.4. The number of likely N-dealkylation sites (tertiary alicyclic amines) is 1. The van der Waals surface area contributed by atoms with Gasteiger partial charge in [-0.3, -0.25) is 9.59 Å². The molecule has 2 amide bonds. The van der Waals surface area contributed by atoms with Gasteiger partial charge in [0.05, 0.1) is 33.4 Å². The van der Waals surface area contributed by atoms with Gasteiger partial charge < -0.3 is 24.0 Å². The minimum Gasteiger partial charge on any atom is -0.493 e. The number of amides is 2. The van der Waals surface area contributed by atoms with E-state index in [2.05, 4.69) is 0 Å². The molecule has 0 bridgehead atoms. The van der Waals surface area contributed by atoms with E-state index in [-0.39, 0.29) is 17.7 Å². The van der Waals surface area contributed by atoms with E-state index in [1.165, 1.54) is 0 Å². The van der Waals surface area contributed by atoms with E-state index in [9.17, 15) is 9.59 Å². The third-order valence-electron chi connectivity index (χ3n) is 5.00. The molecule has 0 aromatic heterocycles. The minimum atomic E-state index is -0.231. The molecular weight excluding hydrogens is 336 g/mol. The van der Waals surface area contributed by atoms with Gasteiger partial charge in [0.15, 0.2) is 11.5 Å². The molecule has 2 aliphatic rings. The van der Waals surface area contributed by atoms with Crippen LogP contribution in [0, 0.1) is 5.92 Å². The molecule has 26 heavy (non-hydrogen) atoms. The van der Waals surface area contributed by atoms with Crippen LogP contribution in [-0.2, 0) is 20.7 Å². The highest BCUT2D eigenvalue weighted by Gasteiger charge is 2.36. The third kappa shape index (κ3) is 4.09. The number of hydrogen-bond donors (Lipinski definition) is 0. The zero-order valence-corrected chi connectivity index (χ0v) is 15.4. The zero-order valence-electron chi connectivity index (χ0n) is 15.4. The SMILES string of the molecule is COc1ccc(CCN2C[C@@H](C(=O)N3CCOCC3)CC2=O)cc1OC. The number of methoxy groups -OCH3 is 2. The summed E-state index contributed by atoms with van der Waals surface area (Å²) in [5.74, 6) is 1.26. The van der Waals surface area contributed by atoms with Crippen molar-refractivity contribution in [3.8, 4) is 11.5 Å². The molecule has 0 aliphatic carbocycles. The fraction of sp³-hybridized carbons (Fsp3) is 0.579. The number of hydrogen-bond acceptors (Lipinski definition) is 5. The fourth-order valence-corrected chi connectivity index (χ4v) is 3.50. The predicted molar refractivity (Wildman–Crippen MR) is 95.3 cm³/mol. The number of ether oxygens (including phenoxy) is 3. The first-order valence-corrected chi connectivity index (χ1v) is 8.97. The number of nitrogens with zero attached hydrogens (tertiary/aromatic N) is 2. The van der Waals surface area contributed by atoms with E-state index in [0.29, 0.717) is 63.7 Å². The van der Waals surface area contributed by atoms with Crippen LogP contribution in [0.15, 0.2) is 18.2 Å². The second-order valence-electron chi connectivity index (χ2n) is 6.62. The lowest BCUT2D eigenvalue weighted by Crippen LogP contribution is -2.44. The van der Waals surface area contributed by atoms with E-state index < -0.39 is 0 Å². The Kier molecular flexibility index (Phi) is 5.98. The summed E-state index contributed by atoms with van der Waals surface area (Å²) < 4.78 is 15.9. The van der Waals surface area contributed by atoms with Gasteiger partial charge in [0.2, 0.25) is 11.8 Å². The summed E-state index contributed by atoms with van der Waals surface area (Å²) in [6, 6.07) is 5.76. The molecule has 0 N–H and O–H groups in total. The Morgan fingerprint density at radius 1 is 1.19 bits per heavy atom. The van der Waals surface area contributed by atoms with Gasteiger partial charge in [0, 0.05) is 32.6 Å². The number of rotatable bonds is 6. The van der Waals surface area contributed by atoms with Crippen molar-refractivity contribution in [3.05, 3.63) is 23.8 Å². The molecule has 142 valence electrons. The predicted octanol–water partition coefficient (Wildman–Crippen LogP) is 0.954. The summed E-state index contributed by atoms with van der Waals surface area (Å²) >= 11 is 0.